The molecular formula is C8H16N2O4. The van der Waals surface area contributed by atoms with Gasteiger partial charge in [-0.3, -0.25) is 9.59 Å². The lowest BCUT2D eigenvalue weighted by Crippen LogP contribution is -2.49. The molecule has 0 amide bonds. The highest BCUT2D eigenvalue weighted by Gasteiger charge is 2.35. The molecule has 0 rings (SSSR count). The van der Waals surface area contributed by atoms with Crippen LogP contribution in [-0.2, 0) is 9.59 Å². The van der Waals surface area contributed by atoms with E-state index >= 15 is 0 Å². The summed E-state index contributed by atoms with van der Waals surface area (Å²) in [5, 5.41) is 17.2. The highest BCUT2D eigenvalue weighted by molar-refractivity contribution is 5.84. The van der Waals surface area contributed by atoms with Gasteiger partial charge >= 0.3 is 11.9 Å². The van der Waals surface area contributed by atoms with Crippen molar-refractivity contribution in [2.24, 2.45) is 11.5 Å². The second kappa shape index (κ2) is 5.56. The van der Waals surface area contributed by atoms with Crippen LogP contribution in [0.5, 0.6) is 0 Å². The summed E-state index contributed by atoms with van der Waals surface area (Å²) in [5.74, 6) is -2.49. The van der Waals surface area contributed by atoms with E-state index in [9.17, 15) is 9.59 Å². The minimum Gasteiger partial charge on any atom is -0.481 e. The van der Waals surface area contributed by atoms with Crippen LogP contribution in [0.4, 0.5) is 0 Å². The van der Waals surface area contributed by atoms with Gasteiger partial charge in [0.25, 0.3) is 0 Å². The average Bonchev–Trinajstić information content (AvgIpc) is 2.03. The number of aliphatic carboxylic acids is 2. The number of rotatable bonds is 7. The Kier molecular flexibility index (Phi) is 5.11. The van der Waals surface area contributed by atoms with Gasteiger partial charge in [0.15, 0.2) is 0 Å². The molecule has 6 nitrogen and oxygen atoms in total. The molecule has 0 aliphatic carbocycles. The van der Waals surface area contributed by atoms with Gasteiger partial charge in [0.05, 0.1) is 6.42 Å². The zero-order valence-electron chi connectivity index (χ0n) is 7.90. The molecule has 1 atom stereocenters. The molecule has 0 bridgehead atoms. The predicted molar refractivity (Wildman–Crippen MR) is 49.7 cm³/mol. The second-order valence-electron chi connectivity index (χ2n) is 3.28. The van der Waals surface area contributed by atoms with E-state index in [0.29, 0.717) is 19.4 Å². The van der Waals surface area contributed by atoms with Gasteiger partial charge in [-0.25, -0.2) is 0 Å². The Hall–Kier alpha value is -1.14. The fourth-order valence-electron chi connectivity index (χ4n) is 1.13. The normalized spacial score (nSPS) is 14.7. The Balaban J connectivity index is 4.24. The summed E-state index contributed by atoms with van der Waals surface area (Å²) >= 11 is 0. The molecule has 0 aliphatic heterocycles. The fourth-order valence-corrected chi connectivity index (χ4v) is 1.13. The SMILES string of the molecule is NCCCC[C@@](N)(CC(=O)O)C(=O)O. The summed E-state index contributed by atoms with van der Waals surface area (Å²) in [6.45, 7) is 0.447. The number of hydrogen-bond donors (Lipinski definition) is 4. The van der Waals surface area contributed by atoms with Gasteiger partial charge in [0.1, 0.15) is 5.54 Å². The van der Waals surface area contributed by atoms with E-state index in [1.54, 1.807) is 0 Å². The van der Waals surface area contributed by atoms with E-state index in [2.05, 4.69) is 0 Å². The number of carboxylic acids is 2. The molecule has 0 aliphatic rings. The molecule has 82 valence electrons. The Morgan fingerprint density at radius 2 is 1.79 bits per heavy atom. The summed E-state index contributed by atoms with van der Waals surface area (Å²) in [6, 6.07) is 0. The standard InChI is InChI=1S/C8H16N2O4/c9-4-2-1-3-8(10,7(13)14)5-6(11)12/h1-5,9-10H2,(H,11,12)(H,13,14)/t8-/m1/s1. The van der Waals surface area contributed by atoms with Crippen LogP contribution in [0.15, 0.2) is 0 Å². The van der Waals surface area contributed by atoms with Crippen LogP contribution in [0, 0.1) is 0 Å². The lowest BCUT2D eigenvalue weighted by atomic mass is 9.90. The van der Waals surface area contributed by atoms with Crippen molar-refractivity contribution in [3.05, 3.63) is 0 Å². The quantitative estimate of drug-likeness (QED) is 0.409. The van der Waals surface area contributed by atoms with E-state index in [4.69, 9.17) is 21.7 Å². The minimum atomic E-state index is -1.67. The van der Waals surface area contributed by atoms with E-state index in [0.717, 1.165) is 0 Å². The van der Waals surface area contributed by atoms with Gasteiger partial charge in [0, 0.05) is 0 Å². The van der Waals surface area contributed by atoms with Crippen LogP contribution < -0.4 is 11.5 Å². The second-order valence-corrected chi connectivity index (χ2v) is 3.28. The summed E-state index contributed by atoms with van der Waals surface area (Å²) in [6.07, 6.45) is 0.733. The van der Waals surface area contributed by atoms with Crippen molar-refractivity contribution in [1.82, 2.24) is 0 Å². The molecule has 0 aromatic rings. The number of carbonyl (C=O) groups is 2. The topological polar surface area (TPSA) is 127 Å². The summed E-state index contributed by atoms with van der Waals surface area (Å²) in [4.78, 5) is 21.1. The van der Waals surface area contributed by atoms with Crippen LogP contribution in [0.3, 0.4) is 0 Å². The molecule has 14 heavy (non-hydrogen) atoms. The van der Waals surface area contributed by atoms with Gasteiger partial charge in [-0.05, 0) is 25.8 Å². The van der Waals surface area contributed by atoms with Crippen LogP contribution in [0.2, 0.25) is 0 Å². The molecule has 0 unspecified atom stereocenters. The molecular weight excluding hydrogens is 188 g/mol. The van der Waals surface area contributed by atoms with Crippen LogP contribution in [0.1, 0.15) is 25.7 Å². The molecule has 0 spiro atoms. The van der Waals surface area contributed by atoms with Crippen LogP contribution in [-0.4, -0.2) is 34.2 Å². The minimum absolute atomic E-state index is 0.131. The average molecular weight is 204 g/mol. The summed E-state index contributed by atoms with van der Waals surface area (Å²) in [7, 11) is 0. The highest BCUT2D eigenvalue weighted by atomic mass is 16.4. The molecule has 0 aromatic heterocycles. The third-order valence-electron chi connectivity index (χ3n) is 1.97. The Morgan fingerprint density at radius 3 is 2.14 bits per heavy atom. The predicted octanol–water partition coefficient (Wildman–Crippen LogP) is -0.628. The third kappa shape index (κ3) is 4.20. The van der Waals surface area contributed by atoms with Gasteiger partial charge < -0.3 is 21.7 Å². The lowest BCUT2D eigenvalue weighted by molar-refractivity contribution is -0.150. The van der Waals surface area contributed by atoms with Gasteiger partial charge in [0.2, 0.25) is 0 Å². The van der Waals surface area contributed by atoms with Gasteiger partial charge in [-0.2, -0.15) is 0 Å². The molecule has 0 radical (unpaired) electrons. The van der Waals surface area contributed by atoms with E-state index < -0.39 is 23.9 Å². The fraction of sp³-hybridized carbons (Fsp3) is 0.750. The van der Waals surface area contributed by atoms with Crippen molar-refractivity contribution in [3.8, 4) is 0 Å². The number of nitrogens with two attached hydrogens (primary N) is 2. The Bertz CT molecular complexity index is 219. The summed E-state index contributed by atoms with van der Waals surface area (Å²) < 4.78 is 0. The maximum Gasteiger partial charge on any atom is 0.324 e. The van der Waals surface area contributed by atoms with E-state index in [1.165, 1.54) is 0 Å². The molecule has 0 aromatic carbocycles. The molecule has 0 saturated heterocycles. The monoisotopic (exact) mass is 204 g/mol. The molecule has 6 N–H and O–H groups in total. The van der Waals surface area contributed by atoms with Crippen molar-refractivity contribution in [2.75, 3.05) is 6.54 Å². The first-order valence-corrected chi connectivity index (χ1v) is 4.36. The zero-order valence-corrected chi connectivity index (χ0v) is 7.90. The van der Waals surface area contributed by atoms with E-state index in [1.807, 2.05) is 0 Å². The van der Waals surface area contributed by atoms with Gasteiger partial charge in [-0.15, -0.1) is 0 Å². The Morgan fingerprint density at radius 1 is 1.21 bits per heavy atom. The number of hydrogen-bond acceptors (Lipinski definition) is 4. The maximum atomic E-state index is 10.7. The molecule has 0 saturated carbocycles. The number of carboxylic acid groups (broad SMARTS) is 2. The Labute approximate surface area is 81.9 Å². The molecule has 0 fully saturated rings. The number of unbranched alkanes of at least 4 members (excludes halogenated alkanes) is 1. The highest BCUT2D eigenvalue weighted by Crippen LogP contribution is 2.16. The first-order valence-electron chi connectivity index (χ1n) is 4.36. The van der Waals surface area contributed by atoms with E-state index in [-0.39, 0.29) is 6.42 Å². The smallest absolute Gasteiger partial charge is 0.324 e. The van der Waals surface area contributed by atoms with Crippen molar-refractivity contribution < 1.29 is 19.8 Å². The van der Waals surface area contributed by atoms with Crippen molar-refractivity contribution in [2.45, 2.75) is 31.2 Å². The first kappa shape index (κ1) is 12.9. The van der Waals surface area contributed by atoms with Gasteiger partial charge in [-0.1, -0.05) is 0 Å². The maximum absolute atomic E-state index is 10.7. The largest absolute Gasteiger partial charge is 0.481 e. The lowest BCUT2D eigenvalue weighted by Gasteiger charge is -2.22. The van der Waals surface area contributed by atoms with Crippen molar-refractivity contribution in [3.63, 3.8) is 0 Å². The molecule has 0 heterocycles. The summed E-state index contributed by atoms with van der Waals surface area (Å²) in [5.41, 5.74) is 9.03. The molecule has 6 heteroatoms. The van der Waals surface area contributed by atoms with Crippen LogP contribution >= 0.6 is 0 Å². The van der Waals surface area contributed by atoms with Crippen molar-refractivity contribution >= 4 is 11.9 Å². The van der Waals surface area contributed by atoms with Crippen LogP contribution in [0.25, 0.3) is 0 Å². The van der Waals surface area contributed by atoms with Crippen molar-refractivity contribution in [1.29, 1.82) is 0 Å². The third-order valence-corrected chi connectivity index (χ3v) is 1.97. The zero-order chi connectivity index (χ0) is 11.2. The first-order chi connectivity index (χ1) is 6.42.